The van der Waals surface area contributed by atoms with Gasteiger partial charge in [0, 0.05) is 18.3 Å². The SMILES string of the molecule is CCNCc1ccncc1Oc1ccc(C)cc1C. The van der Waals surface area contributed by atoms with Crippen LogP contribution in [-0.4, -0.2) is 11.5 Å². The second-order valence-corrected chi connectivity index (χ2v) is 4.63. The first-order chi connectivity index (χ1) is 9.20. The molecular formula is C16H20N2O. The molecule has 19 heavy (non-hydrogen) atoms. The van der Waals surface area contributed by atoms with E-state index in [0.29, 0.717) is 0 Å². The van der Waals surface area contributed by atoms with Crippen molar-refractivity contribution in [2.75, 3.05) is 6.54 Å². The van der Waals surface area contributed by atoms with Gasteiger partial charge in [-0.05, 0) is 38.1 Å². The predicted molar refractivity (Wildman–Crippen MR) is 77.6 cm³/mol. The average molecular weight is 256 g/mol. The summed E-state index contributed by atoms with van der Waals surface area (Å²) in [6, 6.07) is 8.18. The maximum absolute atomic E-state index is 5.99. The molecule has 0 aliphatic rings. The summed E-state index contributed by atoms with van der Waals surface area (Å²) in [5.74, 6) is 1.70. The summed E-state index contributed by atoms with van der Waals surface area (Å²) in [5, 5.41) is 3.31. The van der Waals surface area contributed by atoms with Crippen LogP contribution in [0.2, 0.25) is 0 Å². The zero-order chi connectivity index (χ0) is 13.7. The molecule has 1 N–H and O–H groups in total. The Kier molecular flexibility index (Phi) is 4.53. The molecule has 0 bridgehead atoms. The average Bonchev–Trinajstić information content (AvgIpc) is 2.41. The summed E-state index contributed by atoms with van der Waals surface area (Å²) < 4.78 is 5.99. The third-order valence-corrected chi connectivity index (χ3v) is 2.99. The lowest BCUT2D eigenvalue weighted by Crippen LogP contribution is -2.12. The maximum Gasteiger partial charge on any atom is 0.150 e. The fourth-order valence-corrected chi connectivity index (χ4v) is 1.94. The molecule has 0 amide bonds. The molecule has 3 nitrogen and oxygen atoms in total. The van der Waals surface area contributed by atoms with Crippen molar-refractivity contribution in [1.82, 2.24) is 10.3 Å². The van der Waals surface area contributed by atoms with Crippen molar-refractivity contribution in [3.05, 3.63) is 53.3 Å². The monoisotopic (exact) mass is 256 g/mol. The smallest absolute Gasteiger partial charge is 0.150 e. The highest BCUT2D eigenvalue weighted by molar-refractivity contribution is 5.41. The number of nitrogens with one attached hydrogen (secondary N) is 1. The van der Waals surface area contributed by atoms with Crippen molar-refractivity contribution in [3.8, 4) is 11.5 Å². The summed E-state index contributed by atoms with van der Waals surface area (Å²) in [7, 11) is 0. The fraction of sp³-hybridized carbons (Fsp3) is 0.312. The molecule has 0 spiro atoms. The summed E-state index contributed by atoms with van der Waals surface area (Å²) in [5.41, 5.74) is 3.50. The van der Waals surface area contributed by atoms with Crippen molar-refractivity contribution < 1.29 is 4.74 Å². The standard InChI is InChI=1S/C16H20N2O/c1-4-17-10-14-7-8-18-11-16(14)19-15-6-5-12(2)9-13(15)3/h5-9,11,17H,4,10H2,1-3H3. The van der Waals surface area contributed by atoms with E-state index in [1.807, 2.05) is 12.1 Å². The molecule has 0 unspecified atom stereocenters. The first-order valence-corrected chi connectivity index (χ1v) is 6.59. The number of pyridine rings is 1. The Bertz CT molecular complexity index is 552. The summed E-state index contributed by atoms with van der Waals surface area (Å²) in [6.07, 6.45) is 3.56. The molecular weight excluding hydrogens is 236 g/mol. The van der Waals surface area contributed by atoms with Gasteiger partial charge in [0.25, 0.3) is 0 Å². The number of nitrogens with zero attached hydrogens (tertiary/aromatic N) is 1. The number of hydrogen-bond acceptors (Lipinski definition) is 3. The molecule has 0 fully saturated rings. The summed E-state index contributed by atoms with van der Waals surface area (Å²) in [4.78, 5) is 4.14. The van der Waals surface area contributed by atoms with Crippen LogP contribution in [0.4, 0.5) is 0 Å². The van der Waals surface area contributed by atoms with Crippen LogP contribution in [0.1, 0.15) is 23.6 Å². The van der Waals surface area contributed by atoms with Crippen molar-refractivity contribution in [2.24, 2.45) is 0 Å². The molecule has 0 aliphatic heterocycles. The number of aryl methyl sites for hydroxylation is 2. The van der Waals surface area contributed by atoms with Gasteiger partial charge in [-0.1, -0.05) is 24.6 Å². The number of benzene rings is 1. The van der Waals surface area contributed by atoms with Crippen LogP contribution < -0.4 is 10.1 Å². The van der Waals surface area contributed by atoms with Gasteiger partial charge in [-0.25, -0.2) is 0 Å². The van der Waals surface area contributed by atoms with Crippen LogP contribution in [0.15, 0.2) is 36.7 Å². The Morgan fingerprint density at radius 2 is 2.00 bits per heavy atom. The second kappa shape index (κ2) is 6.34. The van der Waals surface area contributed by atoms with E-state index in [-0.39, 0.29) is 0 Å². The lowest BCUT2D eigenvalue weighted by Gasteiger charge is -2.13. The topological polar surface area (TPSA) is 34.2 Å². The molecule has 3 heteroatoms. The number of rotatable bonds is 5. The Hall–Kier alpha value is -1.87. The normalized spacial score (nSPS) is 10.5. The number of aromatic nitrogens is 1. The Balaban J connectivity index is 2.22. The number of ether oxygens (including phenoxy) is 1. The minimum Gasteiger partial charge on any atom is -0.455 e. The molecule has 100 valence electrons. The highest BCUT2D eigenvalue weighted by Crippen LogP contribution is 2.27. The van der Waals surface area contributed by atoms with Crippen LogP contribution in [0.25, 0.3) is 0 Å². The largest absolute Gasteiger partial charge is 0.455 e. The van der Waals surface area contributed by atoms with Crippen LogP contribution in [0.3, 0.4) is 0 Å². The quantitative estimate of drug-likeness (QED) is 0.887. The molecule has 0 atom stereocenters. The lowest BCUT2D eigenvalue weighted by atomic mass is 10.1. The van der Waals surface area contributed by atoms with Gasteiger partial charge in [0.2, 0.25) is 0 Å². The minimum absolute atomic E-state index is 0.791. The predicted octanol–water partition coefficient (Wildman–Crippen LogP) is 3.60. The zero-order valence-electron chi connectivity index (χ0n) is 11.7. The molecule has 2 aromatic rings. The molecule has 0 saturated carbocycles. The van der Waals surface area contributed by atoms with Crippen molar-refractivity contribution in [1.29, 1.82) is 0 Å². The third-order valence-electron chi connectivity index (χ3n) is 2.99. The Morgan fingerprint density at radius 1 is 1.16 bits per heavy atom. The van der Waals surface area contributed by atoms with E-state index in [0.717, 1.165) is 35.7 Å². The van der Waals surface area contributed by atoms with E-state index in [2.05, 4.69) is 43.2 Å². The van der Waals surface area contributed by atoms with Gasteiger partial charge in [-0.3, -0.25) is 4.98 Å². The van der Waals surface area contributed by atoms with E-state index >= 15 is 0 Å². The first-order valence-electron chi connectivity index (χ1n) is 6.59. The van der Waals surface area contributed by atoms with Crippen molar-refractivity contribution in [3.63, 3.8) is 0 Å². The van der Waals surface area contributed by atoms with Gasteiger partial charge in [-0.2, -0.15) is 0 Å². The molecule has 1 heterocycles. The van der Waals surface area contributed by atoms with Crippen molar-refractivity contribution in [2.45, 2.75) is 27.3 Å². The Morgan fingerprint density at radius 3 is 2.74 bits per heavy atom. The van der Waals surface area contributed by atoms with E-state index in [4.69, 9.17) is 4.74 Å². The molecule has 1 aromatic carbocycles. The zero-order valence-corrected chi connectivity index (χ0v) is 11.7. The van der Waals surface area contributed by atoms with Gasteiger partial charge in [0.1, 0.15) is 11.5 Å². The van der Waals surface area contributed by atoms with Gasteiger partial charge in [0.05, 0.1) is 6.20 Å². The van der Waals surface area contributed by atoms with Crippen LogP contribution >= 0.6 is 0 Å². The third kappa shape index (κ3) is 3.55. The van der Waals surface area contributed by atoms with Crippen LogP contribution in [0.5, 0.6) is 11.5 Å². The molecule has 0 radical (unpaired) electrons. The van der Waals surface area contributed by atoms with E-state index in [9.17, 15) is 0 Å². The first kappa shape index (κ1) is 13.6. The number of hydrogen-bond donors (Lipinski definition) is 1. The van der Waals surface area contributed by atoms with E-state index in [1.54, 1.807) is 12.4 Å². The highest BCUT2D eigenvalue weighted by atomic mass is 16.5. The Labute approximate surface area is 114 Å². The van der Waals surface area contributed by atoms with Gasteiger partial charge >= 0.3 is 0 Å². The van der Waals surface area contributed by atoms with Crippen LogP contribution in [-0.2, 0) is 6.54 Å². The lowest BCUT2D eigenvalue weighted by molar-refractivity contribution is 0.467. The molecule has 0 aliphatic carbocycles. The second-order valence-electron chi connectivity index (χ2n) is 4.63. The van der Waals surface area contributed by atoms with E-state index < -0.39 is 0 Å². The minimum atomic E-state index is 0.791. The highest BCUT2D eigenvalue weighted by Gasteiger charge is 2.06. The van der Waals surface area contributed by atoms with Gasteiger partial charge in [0.15, 0.2) is 0 Å². The van der Waals surface area contributed by atoms with Gasteiger partial charge in [-0.15, -0.1) is 0 Å². The maximum atomic E-state index is 5.99. The van der Waals surface area contributed by atoms with Gasteiger partial charge < -0.3 is 10.1 Å². The summed E-state index contributed by atoms with van der Waals surface area (Å²) in [6.45, 7) is 7.95. The molecule has 1 aromatic heterocycles. The van der Waals surface area contributed by atoms with Crippen molar-refractivity contribution >= 4 is 0 Å². The summed E-state index contributed by atoms with van der Waals surface area (Å²) >= 11 is 0. The molecule has 0 saturated heterocycles. The fourth-order valence-electron chi connectivity index (χ4n) is 1.94. The van der Waals surface area contributed by atoms with Crippen LogP contribution in [0, 0.1) is 13.8 Å². The van der Waals surface area contributed by atoms with E-state index in [1.165, 1.54) is 5.56 Å². The molecule has 2 rings (SSSR count).